The molecule has 3 N–H and O–H groups in total. The maximum Gasteiger partial charge on any atom is 0.305 e. The lowest BCUT2D eigenvalue weighted by molar-refractivity contribution is -0.140. The van der Waals surface area contributed by atoms with E-state index >= 15 is 0 Å². The number of nitrogens with zero attached hydrogens (tertiary/aromatic N) is 6. The standard InChI is InChI=1S/C26H21Cl2FN8O6S/c1-13(38)31-19-10-30-24(14-5-7-15(29)8-6-14)36(25(19)43)12-21(40)32-18(9-22(41)42)20(39)11-37-34-26(33-35-37)44-23-16(27)3-2-4-17(23)28/h2-8,10,18H,9,11-12H2,1H3,(H,31,38)(H,32,40)(H,41,42). The van der Waals surface area contributed by atoms with Crippen LogP contribution < -0.4 is 16.2 Å². The average Bonchev–Trinajstić information content (AvgIpc) is 3.39. The van der Waals surface area contributed by atoms with Crippen molar-refractivity contribution in [1.29, 1.82) is 0 Å². The molecule has 0 spiro atoms. The molecule has 18 heteroatoms. The van der Waals surface area contributed by atoms with Crippen molar-refractivity contribution < 1.29 is 28.7 Å². The highest BCUT2D eigenvalue weighted by Crippen LogP contribution is 2.36. The Morgan fingerprint density at radius 3 is 2.39 bits per heavy atom. The van der Waals surface area contributed by atoms with Gasteiger partial charge in [0, 0.05) is 12.5 Å². The second-order valence-electron chi connectivity index (χ2n) is 9.01. The van der Waals surface area contributed by atoms with Crippen molar-refractivity contribution in [2.75, 3.05) is 5.32 Å². The molecule has 228 valence electrons. The number of carbonyl (C=O) groups excluding carboxylic acids is 3. The van der Waals surface area contributed by atoms with Gasteiger partial charge in [-0.05, 0) is 53.4 Å². The Kier molecular flexibility index (Phi) is 10.4. The molecule has 2 aromatic carbocycles. The third-order valence-corrected chi connectivity index (χ3v) is 7.55. The maximum absolute atomic E-state index is 13.5. The third-order valence-electron chi connectivity index (χ3n) is 5.71. The van der Waals surface area contributed by atoms with Crippen molar-refractivity contribution in [2.45, 2.75) is 42.5 Å². The van der Waals surface area contributed by atoms with Gasteiger partial charge in [-0.2, -0.15) is 4.80 Å². The number of tetrazole rings is 1. The first kappa shape index (κ1) is 32.2. The fourth-order valence-corrected chi connectivity index (χ4v) is 5.16. The van der Waals surface area contributed by atoms with Crippen LogP contribution in [0.4, 0.5) is 10.1 Å². The van der Waals surface area contributed by atoms with E-state index in [1.54, 1.807) is 18.2 Å². The zero-order valence-corrected chi connectivity index (χ0v) is 24.9. The second kappa shape index (κ2) is 14.2. The smallest absolute Gasteiger partial charge is 0.305 e. The Balaban J connectivity index is 1.53. The van der Waals surface area contributed by atoms with Crippen LogP contribution in [0, 0.1) is 5.82 Å². The van der Waals surface area contributed by atoms with Crippen molar-refractivity contribution in [3.05, 3.63) is 74.9 Å². The third kappa shape index (κ3) is 8.24. The molecule has 0 bridgehead atoms. The zero-order valence-electron chi connectivity index (χ0n) is 22.5. The number of carbonyl (C=O) groups is 4. The van der Waals surface area contributed by atoms with Crippen molar-refractivity contribution >= 4 is 64.2 Å². The quantitative estimate of drug-likeness (QED) is 0.202. The molecule has 2 heterocycles. The van der Waals surface area contributed by atoms with Gasteiger partial charge in [0.05, 0.1) is 27.6 Å². The van der Waals surface area contributed by atoms with E-state index < -0.39 is 60.5 Å². The molecule has 2 aromatic heterocycles. The number of hydrogen-bond acceptors (Lipinski definition) is 10. The van der Waals surface area contributed by atoms with E-state index in [0.717, 1.165) is 39.5 Å². The Morgan fingerprint density at radius 1 is 1.07 bits per heavy atom. The van der Waals surface area contributed by atoms with Gasteiger partial charge in [0.15, 0.2) is 5.78 Å². The summed E-state index contributed by atoms with van der Waals surface area (Å²) in [6, 6.07) is 8.26. The fraction of sp³-hybridized carbons (Fsp3) is 0.192. The Morgan fingerprint density at radius 2 is 1.75 bits per heavy atom. The molecule has 0 aliphatic heterocycles. The van der Waals surface area contributed by atoms with Crippen molar-refractivity contribution in [1.82, 2.24) is 35.1 Å². The SMILES string of the molecule is CC(=O)Nc1cnc(-c2ccc(F)cc2)n(CC(=O)NC(CC(=O)O)C(=O)Cn2nnc(Sc3c(Cl)cccc3Cl)n2)c1=O. The molecule has 0 saturated carbocycles. The number of halogens is 3. The predicted molar refractivity (Wildman–Crippen MR) is 156 cm³/mol. The van der Waals surface area contributed by atoms with Crippen LogP contribution in [0.1, 0.15) is 13.3 Å². The molecule has 0 fully saturated rings. The van der Waals surface area contributed by atoms with E-state index in [4.69, 9.17) is 23.2 Å². The maximum atomic E-state index is 13.5. The summed E-state index contributed by atoms with van der Waals surface area (Å²) in [5, 5.41) is 26.5. The minimum absolute atomic E-state index is 0.0455. The highest BCUT2D eigenvalue weighted by molar-refractivity contribution is 7.99. The monoisotopic (exact) mass is 662 g/mol. The molecule has 4 rings (SSSR count). The number of benzene rings is 2. The number of nitrogens with one attached hydrogen (secondary N) is 2. The number of anilines is 1. The van der Waals surface area contributed by atoms with E-state index in [0.29, 0.717) is 14.9 Å². The average molecular weight is 663 g/mol. The molecule has 0 aliphatic rings. The lowest BCUT2D eigenvalue weighted by atomic mass is 10.1. The summed E-state index contributed by atoms with van der Waals surface area (Å²) in [4.78, 5) is 67.9. The minimum Gasteiger partial charge on any atom is -0.481 e. The lowest BCUT2D eigenvalue weighted by Crippen LogP contribution is -2.46. The number of rotatable bonds is 12. The van der Waals surface area contributed by atoms with Gasteiger partial charge in [0.25, 0.3) is 5.56 Å². The number of amides is 2. The van der Waals surface area contributed by atoms with E-state index in [-0.39, 0.29) is 22.2 Å². The molecule has 14 nitrogen and oxygen atoms in total. The van der Waals surface area contributed by atoms with Crippen molar-refractivity contribution in [2.24, 2.45) is 0 Å². The first-order chi connectivity index (χ1) is 20.9. The number of carboxylic acids is 1. The molecule has 0 radical (unpaired) electrons. The molecule has 44 heavy (non-hydrogen) atoms. The van der Waals surface area contributed by atoms with Gasteiger partial charge in [0.2, 0.25) is 17.0 Å². The zero-order chi connectivity index (χ0) is 32.0. The van der Waals surface area contributed by atoms with Gasteiger partial charge in [-0.3, -0.25) is 28.5 Å². The molecule has 0 saturated heterocycles. The number of carboxylic acid groups (broad SMARTS) is 1. The van der Waals surface area contributed by atoms with Crippen LogP contribution in [-0.4, -0.2) is 64.5 Å². The van der Waals surface area contributed by atoms with Gasteiger partial charge in [-0.15, -0.1) is 10.2 Å². The molecule has 1 unspecified atom stereocenters. The van der Waals surface area contributed by atoms with E-state index in [9.17, 15) is 33.5 Å². The Labute approximate surface area is 261 Å². The Bertz CT molecular complexity index is 1780. The molecule has 1 atom stereocenters. The summed E-state index contributed by atoms with van der Waals surface area (Å²) in [5.74, 6) is -4.26. The lowest BCUT2D eigenvalue weighted by Gasteiger charge is -2.18. The van der Waals surface area contributed by atoms with Crippen molar-refractivity contribution in [3.63, 3.8) is 0 Å². The van der Waals surface area contributed by atoms with Crippen LogP contribution in [0.3, 0.4) is 0 Å². The minimum atomic E-state index is -1.54. The highest BCUT2D eigenvalue weighted by atomic mass is 35.5. The van der Waals surface area contributed by atoms with Gasteiger partial charge in [-0.1, -0.05) is 29.3 Å². The van der Waals surface area contributed by atoms with Crippen molar-refractivity contribution in [3.8, 4) is 11.4 Å². The van der Waals surface area contributed by atoms with E-state index in [2.05, 4.69) is 31.0 Å². The number of ketones is 1. The van der Waals surface area contributed by atoms with Gasteiger partial charge in [-0.25, -0.2) is 9.37 Å². The van der Waals surface area contributed by atoms with E-state index in [1.165, 1.54) is 19.1 Å². The number of Topliss-reactive ketones (excluding diaryl/α,β-unsaturated/α-hetero) is 1. The number of aromatic nitrogens is 6. The van der Waals surface area contributed by atoms with Crippen LogP contribution in [0.2, 0.25) is 10.0 Å². The summed E-state index contributed by atoms with van der Waals surface area (Å²) in [7, 11) is 0. The topological polar surface area (TPSA) is 191 Å². The normalized spacial score (nSPS) is 11.5. The highest BCUT2D eigenvalue weighted by Gasteiger charge is 2.26. The van der Waals surface area contributed by atoms with Crippen LogP contribution in [-0.2, 0) is 32.3 Å². The van der Waals surface area contributed by atoms with Crippen LogP contribution in [0.5, 0.6) is 0 Å². The van der Waals surface area contributed by atoms with Crippen LogP contribution >= 0.6 is 35.0 Å². The summed E-state index contributed by atoms with van der Waals surface area (Å²) < 4.78 is 14.4. The fourth-order valence-electron chi connectivity index (χ4n) is 3.80. The van der Waals surface area contributed by atoms with Crippen LogP contribution in [0.15, 0.2) is 63.5 Å². The van der Waals surface area contributed by atoms with Crippen LogP contribution in [0.25, 0.3) is 11.4 Å². The summed E-state index contributed by atoms with van der Waals surface area (Å²) >= 11 is 13.3. The van der Waals surface area contributed by atoms with E-state index in [1.807, 2.05) is 0 Å². The molecular weight excluding hydrogens is 642 g/mol. The molecule has 2 amide bonds. The predicted octanol–water partition coefficient (Wildman–Crippen LogP) is 2.68. The van der Waals surface area contributed by atoms with Gasteiger partial charge in [0.1, 0.15) is 36.5 Å². The number of hydrogen-bond donors (Lipinski definition) is 3. The Hall–Kier alpha value is -4.67. The summed E-state index contributed by atoms with van der Waals surface area (Å²) in [6.07, 6.45) is 0.297. The second-order valence-corrected chi connectivity index (χ2v) is 10.8. The van der Waals surface area contributed by atoms with Gasteiger partial charge >= 0.3 is 5.97 Å². The molecule has 4 aromatic rings. The molecular formula is C26H21Cl2FN8O6S. The summed E-state index contributed by atoms with van der Waals surface area (Å²) in [5.41, 5.74) is -0.785. The summed E-state index contributed by atoms with van der Waals surface area (Å²) in [6.45, 7) is -0.108. The number of aliphatic carboxylic acids is 1. The largest absolute Gasteiger partial charge is 0.481 e. The molecule has 0 aliphatic carbocycles. The van der Waals surface area contributed by atoms with Gasteiger partial charge < -0.3 is 15.7 Å². The first-order valence-corrected chi connectivity index (χ1v) is 14.1. The first-order valence-electron chi connectivity index (χ1n) is 12.5.